The van der Waals surface area contributed by atoms with E-state index in [-0.39, 0.29) is 16.7 Å². The molecule has 4 rings (SSSR count). The molecule has 0 unspecified atom stereocenters. The first kappa shape index (κ1) is 18.9. The molecule has 0 saturated carbocycles. The summed E-state index contributed by atoms with van der Waals surface area (Å²) >= 11 is 1.16. The molecule has 0 aliphatic carbocycles. The van der Waals surface area contributed by atoms with Gasteiger partial charge in [-0.2, -0.15) is 4.31 Å². The fourth-order valence-corrected chi connectivity index (χ4v) is 6.11. The van der Waals surface area contributed by atoms with E-state index >= 15 is 0 Å². The van der Waals surface area contributed by atoms with E-state index in [2.05, 4.69) is 5.32 Å². The Labute approximate surface area is 168 Å². The Balaban J connectivity index is 1.72. The smallest absolute Gasteiger partial charge is 0.253 e. The zero-order chi connectivity index (χ0) is 19.7. The lowest BCUT2D eigenvalue weighted by Crippen LogP contribution is -2.50. The van der Waals surface area contributed by atoms with E-state index in [1.165, 1.54) is 4.31 Å². The van der Waals surface area contributed by atoms with E-state index in [9.17, 15) is 13.2 Å². The van der Waals surface area contributed by atoms with E-state index in [4.69, 9.17) is 0 Å². The van der Waals surface area contributed by atoms with Crippen LogP contribution in [0.1, 0.15) is 16.7 Å². The van der Waals surface area contributed by atoms with Gasteiger partial charge in [0.1, 0.15) is 10.3 Å². The van der Waals surface area contributed by atoms with Crippen LogP contribution in [0, 0.1) is 6.92 Å². The minimum Gasteiger partial charge on any atom is -0.324 e. The van der Waals surface area contributed by atoms with Crippen molar-refractivity contribution in [2.24, 2.45) is 0 Å². The third kappa shape index (κ3) is 3.48. The van der Waals surface area contributed by atoms with Crippen molar-refractivity contribution in [1.82, 2.24) is 4.31 Å². The quantitative estimate of drug-likeness (QED) is 0.709. The number of para-hydroxylation sites is 1. The number of sulfonamides is 1. The van der Waals surface area contributed by atoms with Gasteiger partial charge in [0, 0.05) is 12.2 Å². The second-order valence-corrected chi connectivity index (χ2v) is 9.84. The van der Waals surface area contributed by atoms with Gasteiger partial charge in [-0.15, -0.1) is 11.3 Å². The highest BCUT2D eigenvalue weighted by atomic mass is 32.2. The number of hydrogen-bond acceptors (Lipinski definition) is 4. The van der Waals surface area contributed by atoms with Crippen LogP contribution in [0.2, 0.25) is 0 Å². The average Bonchev–Trinajstić information content (AvgIpc) is 3.24. The molecule has 2 aromatic carbocycles. The molecular formula is C21H20N2O3S2. The fourth-order valence-electron chi connectivity index (χ4n) is 3.43. The molecule has 1 aliphatic rings. The van der Waals surface area contributed by atoms with Gasteiger partial charge in [-0.25, -0.2) is 8.42 Å². The van der Waals surface area contributed by atoms with Gasteiger partial charge in [-0.05, 0) is 47.5 Å². The van der Waals surface area contributed by atoms with Gasteiger partial charge < -0.3 is 5.32 Å². The predicted molar refractivity (Wildman–Crippen MR) is 111 cm³/mol. The summed E-state index contributed by atoms with van der Waals surface area (Å²) in [7, 11) is -3.77. The first-order valence-electron chi connectivity index (χ1n) is 8.95. The molecule has 0 fully saturated rings. The maximum Gasteiger partial charge on any atom is 0.253 e. The number of thiophene rings is 1. The third-order valence-corrected chi connectivity index (χ3v) is 8.20. The summed E-state index contributed by atoms with van der Waals surface area (Å²) in [6.07, 6.45) is 0.346. The van der Waals surface area contributed by atoms with Crippen LogP contribution in [0.5, 0.6) is 0 Å². The minimum atomic E-state index is -3.77. The van der Waals surface area contributed by atoms with E-state index in [1.807, 2.05) is 55.5 Å². The number of carbonyl (C=O) groups is 1. The predicted octanol–water partition coefficient (Wildman–Crippen LogP) is 3.81. The van der Waals surface area contributed by atoms with Crippen LogP contribution in [-0.4, -0.2) is 24.7 Å². The third-order valence-electron chi connectivity index (χ3n) is 4.97. The Morgan fingerprint density at radius 3 is 2.46 bits per heavy atom. The maximum atomic E-state index is 13.2. The summed E-state index contributed by atoms with van der Waals surface area (Å²) in [6, 6.07) is 17.6. The Morgan fingerprint density at radius 2 is 1.75 bits per heavy atom. The molecule has 1 aliphatic heterocycles. The van der Waals surface area contributed by atoms with Crippen molar-refractivity contribution in [3.8, 4) is 0 Å². The van der Waals surface area contributed by atoms with Gasteiger partial charge in [0.05, 0.1) is 0 Å². The number of nitrogens with zero attached hydrogens (tertiary/aromatic N) is 1. The standard InChI is InChI=1S/C21H20N2O3S2/c1-15-7-2-5-10-18(15)22-21(24)19-13-16-8-3-4-9-17(16)14-23(19)28(25,26)20-11-6-12-27-20/h2-12,19H,13-14H2,1H3,(H,22,24)/t19-/m1/s1. The molecule has 28 heavy (non-hydrogen) atoms. The van der Waals surface area contributed by atoms with Crippen molar-refractivity contribution < 1.29 is 13.2 Å². The number of benzene rings is 2. The molecule has 0 saturated heterocycles. The number of fused-ring (bicyclic) bond motifs is 1. The lowest BCUT2D eigenvalue weighted by atomic mass is 9.95. The van der Waals surface area contributed by atoms with Crippen molar-refractivity contribution in [3.05, 3.63) is 82.7 Å². The lowest BCUT2D eigenvalue weighted by molar-refractivity contribution is -0.120. The number of carbonyl (C=O) groups excluding carboxylic acids is 1. The largest absolute Gasteiger partial charge is 0.324 e. The molecule has 5 nitrogen and oxygen atoms in total. The number of hydrogen-bond donors (Lipinski definition) is 1. The molecule has 0 bridgehead atoms. The second kappa shape index (κ2) is 7.50. The van der Waals surface area contributed by atoms with Crippen molar-refractivity contribution in [2.45, 2.75) is 30.1 Å². The molecule has 1 atom stereocenters. The molecule has 144 valence electrons. The molecular weight excluding hydrogens is 392 g/mol. The first-order valence-corrected chi connectivity index (χ1v) is 11.3. The highest BCUT2D eigenvalue weighted by molar-refractivity contribution is 7.91. The maximum absolute atomic E-state index is 13.2. The zero-order valence-electron chi connectivity index (χ0n) is 15.3. The summed E-state index contributed by atoms with van der Waals surface area (Å²) in [5.41, 5.74) is 3.56. The van der Waals surface area contributed by atoms with Crippen LogP contribution >= 0.6 is 11.3 Å². The van der Waals surface area contributed by atoms with Gasteiger partial charge in [0.25, 0.3) is 10.0 Å². The Kier molecular flexibility index (Phi) is 5.05. The van der Waals surface area contributed by atoms with Gasteiger partial charge in [-0.1, -0.05) is 48.5 Å². The molecule has 2 heterocycles. The number of nitrogens with one attached hydrogen (secondary N) is 1. The number of aryl methyl sites for hydroxylation is 1. The molecule has 3 aromatic rings. The Hall–Kier alpha value is -2.48. The molecule has 7 heteroatoms. The molecule has 1 amide bonds. The van der Waals surface area contributed by atoms with Crippen LogP contribution in [0.15, 0.2) is 70.3 Å². The van der Waals surface area contributed by atoms with Crippen LogP contribution < -0.4 is 5.32 Å². The Morgan fingerprint density at radius 1 is 1.04 bits per heavy atom. The van der Waals surface area contributed by atoms with Crippen molar-refractivity contribution >= 4 is 33.0 Å². The van der Waals surface area contributed by atoms with Crippen molar-refractivity contribution in [1.29, 1.82) is 0 Å². The number of anilines is 1. The molecule has 0 radical (unpaired) electrons. The topological polar surface area (TPSA) is 66.5 Å². The molecule has 1 N–H and O–H groups in total. The SMILES string of the molecule is Cc1ccccc1NC(=O)[C@H]1Cc2ccccc2CN1S(=O)(=O)c1cccs1. The summed E-state index contributed by atoms with van der Waals surface area (Å²) in [4.78, 5) is 13.1. The second-order valence-electron chi connectivity index (χ2n) is 6.78. The Bertz CT molecular complexity index is 1110. The first-order chi connectivity index (χ1) is 13.5. The zero-order valence-corrected chi connectivity index (χ0v) is 17.0. The van der Waals surface area contributed by atoms with Crippen molar-refractivity contribution in [3.63, 3.8) is 0 Å². The monoisotopic (exact) mass is 412 g/mol. The highest BCUT2D eigenvalue weighted by Crippen LogP contribution is 2.31. The van der Waals surface area contributed by atoms with Crippen molar-refractivity contribution in [2.75, 3.05) is 5.32 Å². The van der Waals surface area contributed by atoms with E-state index in [1.54, 1.807) is 17.5 Å². The van der Waals surface area contributed by atoms with Gasteiger partial charge in [0.2, 0.25) is 5.91 Å². The van der Waals surface area contributed by atoms with Crippen LogP contribution in [-0.2, 0) is 27.8 Å². The number of amides is 1. The summed E-state index contributed by atoms with van der Waals surface area (Å²) in [5.74, 6) is -0.316. The van der Waals surface area contributed by atoms with E-state index in [0.29, 0.717) is 12.1 Å². The lowest BCUT2D eigenvalue weighted by Gasteiger charge is -2.34. The van der Waals surface area contributed by atoms with Crippen LogP contribution in [0.4, 0.5) is 5.69 Å². The van der Waals surface area contributed by atoms with Gasteiger partial charge >= 0.3 is 0 Å². The van der Waals surface area contributed by atoms with E-state index < -0.39 is 16.1 Å². The van der Waals surface area contributed by atoms with E-state index in [0.717, 1.165) is 28.0 Å². The summed E-state index contributed by atoms with van der Waals surface area (Å²) < 4.78 is 28.1. The van der Waals surface area contributed by atoms with Gasteiger partial charge in [-0.3, -0.25) is 4.79 Å². The summed E-state index contributed by atoms with van der Waals surface area (Å²) in [6.45, 7) is 2.09. The molecule has 0 spiro atoms. The summed E-state index contributed by atoms with van der Waals surface area (Å²) in [5, 5.41) is 4.65. The minimum absolute atomic E-state index is 0.183. The number of rotatable bonds is 4. The van der Waals surface area contributed by atoms with Crippen LogP contribution in [0.25, 0.3) is 0 Å². The fraction of sp³-hybridized carbons (Fsp3) is 0.190. The highest BCUT2D eigenvalue weighted by Gasteiger charge is 2.40. The molecule has 1 aromatic heterocycles. The average molecular weight is 413 g/mol. The van der Waals surface area contributed by atoms with Crippen LogP contribution in [0.3, 0.4) is 0 Å². The van der Waals surface area contributed by atoms with Gasteiger partial charge in [0.15, 0.2) is 0 Å². The normalized spacial score (nSPS) is 17.1.